The van der Waals surface area contributed by atoms with Crippen molar-refractivity contribution in [1.29, 1.82) is 0 Å². The zero-order chi connectivity index (χ0) is 15.4. The van der Waals surface area contributed by atoms with Gasteiger partial charge in [-0.1, -0.05) is 41.5 Å². The average Bonchev–Trinajstić information content (AvgIpc) is 2.49. The van der Waals surface area contributed by atoms with Gasteiger partial charge in [-0.2, -0.15) is 0 Å². The highest BCUT2D eigenvalue weighted by atomic mass is 16.1. The number of carbonyl (C=O) groups excluding carboxylic acids is 1. The Kier molecular flexibility index (Phi) is 42.4. The first-order valence-electron chi connectivity index (χ1n) is 6.87. The van der Waals surface area contributed by atoms with Crippen LogP contribution >= 0.6 is 0 Å². The van der Waals surface area contributed by atoms with E-state index in [0.29, 0.717) is 18.9 Å². The van der Waals surface area contributed by atoms with Crippen LogP contribution in [0.25, 0.3) is 0 Å². The Balaban J connectivity index is -0.000000141. The smallest absolute Gasteiger partial charge is 0.188 e. The number of guanidine groups is 1. The van der Waals surface area contributed by atoms with Crippen LogP contribution in [-0.4, -0.2) is 31.9 Å². The molecule has 0 rings (SSSR count). The first-order valence-corrected chi connectivity index (χ1v) is 6.87. The van der Waals surface area contributed by atoms with Gasteiger partial charge in [0.2, 0.25) is 0 Å². The third kappa shape index (κ3) is 29.4. The molecule has 1 atom stereocenters. The topological polar surface area (TPSA) is 93.5 Å². The van der Waals surface area contributed by atoms with E-state index >= 15 is 0 Å². The summed E-state index contributed by atoms with van der Waals surface area (Å²) in [7, 11) is 1.61. The predicted octanol–water partition coefficient (Wildman–Crippen LogP) is 1.91. The molecule has 18 heavy (non-hydrogen) atoms. The number of rotatable bonds is 5. The lowest BCUT2D eigenvalue weighted by Gasteiger charge is -2.05. The molecule has 1 unspecified atom stereocenters. The number of nitrogens with two attached hydrogens (primary N) is 2. The number of hydrogen-bond acceptors (Lipinski definition) is 3. The number of aldehydes is 1. The monoisotopic (exact) mass is 262 g/mol. The highest BCUT2D eigenvalue weighted by Crippen LogP contribution is 1.89. The Morgan fingerprint density at radius 2 is 1.67 bits per heavy atom. The fourth-order valence-electron chi connectivity index (χ4n) is 0.701. The van der Waals surface area contributed by atoms with Gasteiger partial charge in [-0.3, -0.25) is 4.99 Å². The lowest BCUT2D eigenvalue weighted by atomic mass is 10.2. The molecule has 0 aliphatic heterocycles. The third-order valence-corrected chi connectivity index (χ3v) is 1.44. The largest absolute Gasteiger partial charge is 0.370 e. The molecular formula is C13H34N4O. The van der Waals surface area contributed by atoms with E-state index < -0.39 is 0 Å². The number of aliphatic imine (C=N–C) groups is 1. The molecule has 5 heteroatoms. The van der Waals surface area contributed by atoms with Crippen LogP contribution in [0, 0.1) is 0 Å². The maximum atomic E-state index is 10.1. The molecule has 5 N–H and O–H groups in total. The van der Waals surface area contributed by atoms with Crippen LogP contribution in [0.5, 0.6) is 0 Å². The van der Waals surface area contributed by atoms with Gasteiger partial charge in [0, 0.05) is 13.6 Å². The molecule has 0 heterocycles. The van der Waals surface area contributed by atoms with E-state index in [1.165, 1.54) is 0 Å². The van der Waals surface area contributed by atoms with Gasteiger partial charge >= 0.3 is 0 Å². The van der Waals surface area contributed by atoms with E-state index in [2.05, 4.69) is 10.3 Å². The fourth-order valence-corrected chi connectivity index (χ4v) is 0.701. The molecule has 0 aliphatic carbocycles. The van der Waals surface area contributed by atoms with E-state index in [-0.39, 0.29) is 6.04 Å². The molecule has 0 spiro atoms. The van der Waals surface area contributed by atoms with E-state index in [1.807, 2.05) is 41.5 Å². The first-order chi connectivity index (χ1) is 8.70. The molecule has 0 aromatic carbocycles. The Bertz CT molecular complexity index is 161. The van der Waals surface area contributed by atoms with Crippen LogP contribution in [-0.2, 0) is 4.79 Å². The van der Waals surface area contributed by atoms with E-state index in [0.717, 1.165) is 12.7 Å². The van der Waals surface area contributed by atoms with Crippen LogP contribution in [0.3, 0.4) is 0 Å². The van der Waals surface area contributed by atoms with Crippen LogP contribution in [0.2, 0.25) is 0 Å². The lowest BCUT2D eigenvalue weighted by Crippen LogP contribution is -2.33. The van der Waals surface area contributed by atoms with Gasteiger partial charge in [-0.15, -0.1) is 0 Å². The summed E-state index contributed by atoms with van der Waals surface area (Å²) in [5.41, 5.74) is 10.7. The molecule has 5 nitrogen and oxygen atoms in total. The second-order valence-corrected chi connectivity index (χ2v) is 2.48. The number of hydrogen-bond donors (Lipinski definition) is 3. The normalized spacial score (nSPS) is 10.3. The molecule has 0 amide bonds. The maximum absolute atomic E-state index is 10.1. The van der Waals surface area contributed by atoms with E-state index in [9.17, 15) is 4.79 Å². The van der Waals surface area contributed by atoms with Crippen molar-refractivity contribution in [1.82, 2.24) is 5.32 Å². The molecule has 0 radical (unpaired) electrons. The van der Waals surface area contributed by atoms with Gasteiger partial charge in [-0.25, -0.2) is 0 Å². The summed E-state index contributed by atoms with van der Waals surface area (Å²) < 4.78 is 0. The standard InChI is InChI=1S/C7H16N4O.3C2H6/c1-10-7(9)11-4-2-3-6(8)5-12;3*1-2/h5-6H,2-4,8H2,1H3,(H3,9,10,11);3*1-2H3. The van der Waals surface area contributed by atoms with Crippen LogP contribution < -0.4 is 16.8 Å². The first kappa shape index (κ1) is 25.7. The molecule has 0 aromatic heterocycles. The zero-order valence-corrected chi connectivity index (χ0v) is 13.3. The quantitative estimate of drug-likeness (QED) is 0.305. The van der Waals surface area contributed by atoms with Gasteiger partial charge in [0.1, 0.15) is 6.29 Å². The minimum Gasteiger partial charge on any atom is -0.370 e. The van der Waals surface area contributed by atoms with Crippen LogP contribution in [0.4, 0.5) is 0 Å². The Hall–Kier alpha value is -1.10. The summed E-state index contributed by atoms with van der Waals surface area (Å²) in [6, 6.07) is -0.355. The number of nitrogens with zero attached hydrogens (tertiary/aromatic N) is 1. The Labute approximate surface area is 113 Å². The van der Waals surface area contributed by atoms with Crippen molar-refractivity contribution >= 4 is 12.2 Å². The SMILES string of the molecule is CC.CC.CC.CN=C(N)NCCCC(N)C=O. The molecule has 0 aromatic rings. The molecule has 0 bridgehead atoms. The van der Waals surface area contributed by atoms with E-state index in [1.54, 1.807) is 7.05 Å². The minimum atomic E-state index is -0.355. The average molecular weight is 262 g/mol. The molecular weight excluding hydrogens is 228 g/mol. The van der Waals surface area contributed by atoms with Crippen molar-refractivity contribution in [3.05, 3.63) is 0 Å². The van der Waals surface area contributed by atoms with Crippen molar-refractivity contribution in [3.63, 3.8) is 0 Å². The van der Waals surface area contributed by atoms with Crippen molar-refractivity contribution in [3.8, 4) is 0 Å². The Morgan fingerprint density at radius 3 is 2.00 bits per heavy atom. The summed E-state index contributed by atoms with van der Waals surface area (Å²) in [6.07, 6.45) is 2.24. The van der Waals surface area contributed by atoms with Crippen molar-refractivity contribution in [2.24, 2.45) is 16.5 Å². The summed E-state index contributed by atoms with van der Waals surface area (Å²) >= 11 is 0. The third-order valence-electron chi connectivity index (χ3n) is 1.44. The summed E-state index contributed by atoms with van der Waals surface area (Å²) in [6.45, 7) is 12.7. The second-order valence-electron chi connectivity index (χ2n) is 2.48. The molecule has 0 aliphatic rings. The second kappa shape index (κ2) is 29.7. The Morgan fingerprint density at radius 1 is 1.22 bits per heavy atom. The summed E-state index contributed by atoms with van der Waals surface area (Å²) in [5, 5.41) is 2.87. The lowest BCUT2D eigenvalue weighted by molar-refractivity contribution is -0.109. The molecule has 0 saturated carbocycles. The van der Waals surface area contributed by atoms with Crippen LogP contribution in [0.15, 0.2) is 4.99 Å². The predicted molar refractivity (Wildman–Crippen MR) is 82.9 cm³/mol. The highest BCUT2D eigenvalue weighted by molar-refractivity contribution is 5.77. The number of carbonyl (C=O) groups is 1. The molecule has 112 valence electrons. The molecule has 0 saturated heterocycles. The van der Waals surface area contributed by atoms with Crippen molar-refractivity contribution < 1.29 is 4.79 Å². The van der Waals surface area contributed by atoms with Gasteiger partial charge < -0.3 is 21.6 Å². The zero-order valence-electron chi connectivity index (χ0n) is 13.3. The minimum absolute atomic E-state index is 0.355. The maximum Gasteiger partial charge on any atom is 0.188 e. The molecule has 0 fully saturated rings. The van der Waals surface area contributed by atoms with Gasteiger partial charge in [0.25, 0.3) is 0 Å². The fraction of sp³-hybridized carbons (Fsp3) is 0.846. The highest BCUT2D eigenvalue weighted by Gasteiger charge is 1.98. The van der Waals surface area contributed by atoms with Crippen molar-refractivity contribution in [2.75, 3.05) is 13.6 Å². The summed E-state index contributed by atoms with van der Waals surface area (Å²) in [5.74, 6) is 0.412. The van der Waals surface area contributed by atoms with Gasteiger partial charge in [0.15, 0.2) is 5.96 Å². The van der Waals surface area contributed by atoms with E-state index in [4.69, 9.17) is 11.5 Å². The number of nitrogens with one attached hydrogen (secondary N) is 1. The van der Waals surface area contributed by atoms with Gasteiger partial charge in [0.05, 0.1) is 6.04 Å². The van der Waals surface area contributed by atoms with Crippen molar-refractivity contribution in [2.45, 2.75) is 60.4 Å². The van der Waals surface area contributed by atoms with Gasteiger partial charge in [-0.05, 0) is 12.8 Å². The summed E-state index contributed by atoms with van der Waals surface area (Å²) in [4.78, 5) is 13.8. The van der Waals surface area contributed by atoms with Crippen LogP contribution in [0.1, 0.15) is 54.4 Å².